The highest BCUT2D eigenvalue weighted by molar-refractivity contribution is 8.12. The quantitative estimate of drug-likeness (QED) is 0.145. The van der Waals surface area contributed by atoms with Crippen molar-refractivity contribution in [3.05, 3.63) is 70.0 Å². The van der Waals surface area contributed by atoms with Crippen LogP contribution in [0.3, 0.4) is 0 Å². The Balaban J connectivity index is 1.65. The number of nitrogens with one attached hydrogen (secondary N) is 1. The number of rotatable bonds is 7. The molecule has 2 aliphatic rings. The summed E-state index contributed by atoms with van der Waals surface area (Å²) in [6, 6.07) is 11.6. The smallest absolute Gasteiger partial charge is 0.341 e. The van der Waals surface area contributed by atoms with Gasteiger partial charge in [-0.15, -0.1) is 0 Å². The average Bonchev–Trinajstić information content (AvgIpc) is 3.49. The summed E-state index contributed by atoms with van der Waals surface area (Å²) in [6.45, 7) is 5.29. The van der Waals surface area contributed by atoms with E-state index in [1.54, 1.807) is 38.6 Å². The van der Waals surface area contributed by atoms with Gasteiger partial charge < -0.3 is 14.0 Å². The van der Waals surface area contributed by atoms with E-state index in [0.717, 1.165) is 59.0 Å². The Morgan fingerprint density at radius 2 is 1.79 bits per heavy atom. The molecule has 0 saturated heterocycles. The van der Waals surface area contributed by atoms with Gasteiger partial charge in [-0.05, 0) is 92.6 Å². The summed E-state index contributed by atoms with van der Waals surface area (Å²) in [5.74, 6) is -0.0415. The molecule has 10 nitrogen and oxygen atoms in total. The van der Waals surface area contributed by atoms with Crippen molar-refractivity contribution in [1.29, 1.82) is 0 Å². The molecule has 246 valence electrons. The van der Waals surface area contributed by atoms with Crippen molar-refractivity contribution >= 4 is 54.6 Å². The summed E-state index contributed by atoms with van der Waals surface area (Å²) in [5, 5.41) is 5.63. The minimum atomic E-state index is -3.33. The summed E-state index contributed by atoms with van der Waals surface area (Å²) in [5.41, 5.74) is 8.11. The zero-order chi connectivity index (χ0) is 33.6. The van der Waals surface area contributed by atoms with E-state index in [9.17, 15) is 18.6 Å². The van der Waals surface area contributed by atoms with Crippen molar-refractivity contribution in [3.63, 3.8) is 0 Å². The number of nitrogens with zero attached hydrogens (tertiary/aromatic N) is 3. The predicted octanol–water partition coefficient (Wildman–Crippen LogP) is 6.08. The van der Waals surface area contributed by atoms with E-state index < -0.39 is 21.6 Å². The van der Waals surface area contributed by atoms with E-state index in [-0.39, 0.29) is 0 Å². The maximum absolute atomic E-state index is 13.5. The normalized spacial score (nSPS) is 15.9. The van der Waals surface area contributed by atoms with Gasteiger partial charge in [-0.2, -0.15) is 5.10 Å². The first-order valence-corrected chi connectivity index (χ1v) is 17.4. The van der Waals surface area contributed by atoms with Crippen LogP contribution in [0.15, 0.2) is 36.4 Å². The molecule has 1 unspecified atom stereocenters. The maximum Gasteiger partial charge on any atom is 0.341 e. The minimum Gasteiger partial charge on any atom is -0.497 e. The Hall–Kier alpha value is -4.64. The van der Waals surface area contributed by atoms with Gasteiger partial charge in [-0.3, -0.25) is 19.0 Å². The van der Waals surface area contributed by atoms with Gasteiger partial charge in [-0.1, -0.05) is 25.3 Å². The lowest BCUT2D eigenvalue weighted by molar-refractivity contribution is 0.0599. The molecule has 4 aromatic rings. The number of methoxy groups -OCH3 is 2. The number of allylic oxidation sites excluding steroid dienone is 1. The fourth-order valence-electron chi connectivity index (χ4n) is 7.12. The molecule has 11 heteroatoms. The van der Waals surface area contributed by atoms with E-state index in [0.29, 0.717) is 51.2 Å². The van der Waals surface area contributed by atoms with E-state index in [1.165, 1.54) is 19.1 Å². The predicted molar refractivity (Wildman–Crippen MR) is 186 cm³/mol. The molecule has 1 N–H and O–H groups in total. The third-order valence-electron chi connectivity index (χ3n) is 9.45. The van der Waals surface area contributed by atoms with Crippen LogP contribution in [0.25, 0.3) is 33.8 Å². The summed E-state index contributed by atoms with van der Waals surface area (Å²) in [6.07, 6.45) is 7.68. The Morgan fingerprint density at radius 3 is 2.45 bits per heavy atom. The Bertz CT molecular complexity index is 2100. The summed E-state index contributed by atoms with van der Waals surface area (Å²) < 4.78 is 30.4. The van der Waals surface area contributed by atoms with Crippen molar-refractivity contribution in [2.24, 2.45) is 7.05 Å². The fraction of sp³-hybridized carbons (Fsp3) is 0.361. The topological polar surface area (TPSA) is 122 Å². The summed E-state index contributed by atoms with van der Waals surface area (Å²) in [7, 11) is 1.48. The number of aryl methyl sites for hydroxylation is 2. The van der Waals surface area contributed by atoms with Crippen molar-refractivity contribution in [2.45, 2.75) is 65.3 Å². The number of carbonyl (C=O) groups is 3. The number of ether oxygens (including phenoxy) is 2. The number of hydrogen-bond donors (Lipinski definition) is 1. The number of carbonyl (C=O) groups excluding carboxylic acids is 3. The molecule has 6 rings (SSSR count). The Morgan fingerprint density at radius 1 is 1.04 bits per heavy atom. The van der Waals surface area contributed by atoms with E-state index in [4.69, 9.17) is 9.47 Å². The van der Waals surface area contributed by atoms with Gasteiger partial charge in [0.25, 0.3) is 5.91 Å². The largest absolute Gasteiger partial charge is 0.497 e. The van der Waals surface area contributed by atoms with Gasteiger partial charge in [0.15, 0.2) is 0 Å². The molecule has 1 saturated carbocycles. The van der Waals surface area contributed by atoms with Crippen LogP contribution >= 0.6 is 0 Å². The third kappa shape index (κ3) is 5.56. The molecule has 1 fully saturated rings. The first-order valence-electron chi connectivity index (χ1n) is 15.8. The lowest BCUT2D eigenvalue weighted by atomic mass is 9.81. The Labute approximate surface area is 274 Å². The van der Waals surface area contributed by atoms with E-state index >= 15 is 0 Å². The first kappa shape index (κ1) is 32.3. The van der Waals surface area contributed by atoms with Crippen LogP contribution in [-0.2, 0) is 32.8 Å². The zero-order valence-electron chi connectivity index (χ0n) is 27.6. The molecular formula is C36H40N4O6S. The van der Waals surface area contributed by atoms with Crippen molar-refractivity contribution in [2.75, 3.05) is 14.2 Å². The van der Waals surface area contributed by atoms with Crippen molar-refractivity contribution < 1.29 is 28.1 Å². The first-order chi connectivity index (χ1) is 22.5. The van der Waals surface area contributed by atoms with Crippen LogP contribution in [0.1, 0.15) is 95.1 Å². The zero-order valence-corrected chi connectivity index (χ0v) is 28.5. The average molecular weight is 657 g/mol. The van der Waals surface area contributed by atoms with Crippen LogP contribution < -0.4 is 9.46 Å². The van der Waals surface area contributed by atoms with Crippen molar-refractivity contribution in [3.8, 4) is 17.0 Å². The van der Waals surface area contributed by atoms with Gasteiger partial charge >= 0.3 is 5.97 Å². The summed E-state index contributed by atoms with van der Waals surface area (Å²) >= 11 is 0. The van der Waals surface area contributed by atoms with Gasteiger partial charge in [0.1, 0.15) is 21.0 Å². The lowest BCUT2D eigenvalue weighted by Gasteiger charge is -2.24. The third-order valence-corrected chi connectivity index (χ3v) is 11.4. The molecular weight excluding hydrogens is 616 g/mol. The number of benzene rings is 2. The molecule has 1 aliphatic heterocycles. The van der Waals surface area contributed by atoms with E-state index in [2.05, 4.69) is 26.5 Å². The number of hydrogen-bond acceptors (Lipinski definition) is 7. The van der Waals surface area contributed by atoms with Crippen LogP contribution in [0.5, 0.6) is 5.75 Å². The van der Waals surface area contributed by atoms with Crippen LogP contribution in [0, 0.1) is 6.92 Å². The molecule has 1 amide bonds. The number of aromatic nitrogens is 3. The molecule has 1 aliphatic carbocycles. The summed E-state index contributed by atoms with van der Waals surface area (Å²) in [4.78, 5) is 38.7. The van der Waals surface area contributed by atoms with Crippen LogP contribution in [-0.4, -0.2) is 55.1 Å². The second kappa shape index (κ2) is 12.5. The van der Waals surface area contributed by atoms with Gasteiger partial charge in [-0.25, -0.2) is 9.00 Å². The van der Waals surface area contributed by atoms with Crippen LogP contribution in [0.4, 0.5) is 0 Å². The van der Waals surface area contributed by atoms with Crippen LogP contribution in [0.2, 0.25) is 0 Å². The minimum absolute atomic E-state index is 0.292. The maximum atomic E-state index is 13.5. The molecule has 3 heterocycles. The molecule has 1 atom stereocenters. The fourth-order valence-corrected chi connectivity index (χ4v) is 7.96. The SMILES string of the molecule is COC(=O)c1c(C)nn(C)c1C1=Cc2cc(OC)ccc2-c2c(C3CCCCC3)c3ccc(C(=O)NS(=O)(C=O)=C(C)C)cc3n2C1. The second-order valence-electron chi connectivity index (χ2n) is 12.5. The highest BCUT2D eigenvalue weighted by Crippen LogP contribution is 2.48. The number of fused-ring (bicyclic) bond motifs is 5. The molecule has 0 spiro atoms. The molecule has 2 aromatic carbocycles. The molecule has 0 bridgehead atoms. The van der Waals surface area contributed by atoms with Gasteiger partial charge in [0, 0.05) is 33.9 Å². The standard InChI is InChI=1S/C36H40N4O6S/c1-21(2)47(44,20-41)38-35(42)24-12-14-29-30(18-24)40-19-26(33-31(36(43)46-6)22(3)37-39(33)4)16-25-17-27(45-5)13-15-28(25)34(40)32(29)23-10-8-7-9-11-23/h12-18,20,23H,7-11,19H2,1-6H3,(H,38,42,44). The van der Waals surface area contributed by atoms with Crippen molar-refractivity contribution in [1.82, 2.24) is 19.1 Å². The monoisotopic (exact) mass is 656 g/mol. The Kier molecular flexibility index (Phi) is 8.61. The molecule has 0 radical (unpaired) electrons. The van der Waals surface area contributed by atoms with Gasteiger partial charge in [0.05, 0.1) is 37.8 Å². The lowest BCUT2D eigenvalue weighted by Crippen LogP contribution is -2.34. The molecule has 47 heavy (non-hydrogen) atoms. The highest BCUT2D eigenvalue weighted by Gasteiger charge is 2.32. The second-order valence-corrected chi connectivity index (χ2v) is 14.9. The van der Waals surface area contributed by atoms with Gasteiger partial charge in [0.2, 0.25) is 5.62 Å². The van der Waals surface area contributed by atoms with E-state index in [1.807, 2.05) is 31.3 Å². The molecule has 2 aromatic heterocycles. The number of esters is 1. The number of amides is 1. The highest BCUT2D eigenvalue weighted by atomic mass is 32.2.